The molecular weight excluding hydrogens is 554 g/mol. The normalized spacial score (nSPS) is 38.7. The van der Waals surface area contributed by atoms with Crippen LogP contribution in [0.4, 0.5) is 5.69 Å². The minimum atomic E-state index is -1.38. The number of hydrogen-bond donors (Lipinski definition) is 3. The Morgan fingerprint density at radius 2 is 1.91 bits per heavy atom. The molecule has 0 unspecified atom stereocenters. The predicted octanol–water partition coefficient (Wildman–Crippen LogP) is 5.28. The summed E-state index contributed by atoms with van der Waals surface area (Å²) in [5.74, 6) is -0.158. The minimum Gasteiger partial charge on any atom is -0.399 e. The summed E-state index contributed by atoms with van der Waals surface area (Å²) < 4.78 is 13.2. The van der Waals surface area contributed by atoms with Crippen molar-refractivity contribution in [3.8, 4) is 0 Å². The van der Waals surface area contributed by atoms with Gasteiger partial charge in [-0.2, -0.15) is 0 Å². The molecule has 1 heterocycles. The van der Waals surface area contributed by atoms with Gasteiger partial charge in [0.2, 0.25) is 0 Å². The molecule has 0 aromatic heterocycles. The number of aliphatic hydroxyl groups is 2. The molecule has 0 spiro atoms. The quantitative estimate of drug-likeness (QED) is 0.307. The molecule has 3 saturated carbocycles. The number of carbonyl (C=O) groups excluding carboxylic acids is 2. The minimum absolute atomic E-state index is 0.0123. The van der Waals surface area contributed by atoms with Crippen molar-refractivity contribution in [1.82, 2.24) is 0 Å². The fourth-order valence-electron chi connectivity index (χ4n) is 9.73. The van der Waals surface area contributed by atoms with E-state index in [4.69, 9.17) is 15.2 Å². The number of ketones is 2. The van der Waals surface area contributed by atoms with Crippen LogP contribution in [0.3, 0.4) is 0 Å². The highest BCUT2D eigenvalue weighted by atomic mass is 16.7. The molecule has 4 aliphatic carbocycles. The van der Waals surface area contributed by atoms with Crippen LogP contribution < -0.4 is 5.73 Å². The topological polar surface area (TPSA) is 119 Å². The van der Waals surface area contributed by atoms with Gasteiger partial charge in [0, 0.05) is 40.0 Å². The van der Waals surface area contributed by atoms with E-state index in [9.17, 15) is 19.8 Å². The highest BCUT2D eigenvalue weighted by molar-refractivity contribution is 5.97. The van der Waals surface area contributed by atoms with Crippen LogP contribution in [-0.4, -0.2) is 46.2 Å². The zero-order valence-corrected chi connectivity index (χ0v) is 25.4. The molecule has 2 aromatic rings. The number of allylic oxidation sites excluding steroid dienone is 5. The summed E-state index contributed by atoms with van der Waals surface area (Å²) in [7, 11) is 0. The number of nitrogen functional groups attached to an aromatic ring is 1. The van der Waals surface area contributed by atoms with Gasteiger partial charge in [0.1, 0.15) is 6.61 Å². The Balaban J connectivity index is 1.15. The Morgan fingerprint density at radius 1 is 1.14 bits per heavy atom. The summed E-state index contributed by atoms with van der Waals surface area (Å²) in [6, 6.07) is 14.4. The summed E-state index contributed by atoms with van der Waals surface area (Å²) in [6.07, 6.45) is 7.48. The first-order valence-corrected chi connectivity index (χ1v) is 15.7. The van der Waals surface area contributed by atoms with Crippen LogP contribution in [0.25, 0.3) is 0 Å². The maximum absolute atomic E-state index is 13.8. The van der Waals surface area contributed by atoms with Gasteiger partial charge in [-0.1, -0.05) is 80.6 Å². The largest absolute Gasteiger partial charge is 0.399 e. The number of Topliss-reactive ketones (excluding diaryl/α,β-unsaturated/α-hetero) is 2. The van der Waals surface area contributed by atoms with Crippen LogP contribution in [0.1, 0.15) is 67.3 Å². The van der Waals surface area contributed by atoms with Crippen LogP contribution in [0.15, 0.2) is 84.5 Å². The van der Waals surface area contributed by atoms with E-state index in [-0.39, 0.29) is 35.4 Å². The second kappa shape index (κ2) is 10.3. The van der Waals surface area contributed by atoms with Gasteiger partial charge in [0.15, 0.2) is 23.5 Å². The van der Waals surface area contributed by atoms with E-state index >= 15 is 0 Å². The van der Waals surface area contributed by atoms with E-state index in [1.54, 1.807) is 36.4 Å². The van der Waals surface area contributed by atoms with Crippen molar-refractivity contribution in [2.45, 2.75) is 70.1 Å². The van der Waals surface area contributed by atoms with Crippen LogP contribution in [0.2, 0.25) is 0 Å². The third-order valence-corrected chi connectivity index (χ3v) is 11.7. The highest BCUT2D eigenvalue weighted by Crippen LogP contribution is 2.70. The molecule has 0 bridgehead atoms. The zero-order chi connectivity index (χ0) is 31.0. The maximum Gasteiger partial charge on any atom is 0.193 e. The Kier molecular flexibility index (Phi) is 6.90. The fraction of sp³-hybridized carbons (Fsp3) is 0.459. The van der Waals surface area contributed by atoms with Gasteiger partial charge in [-0.25, -0.2) is 0 Å². The SMILES string of the molecule is C=C1C=C[C@@]2(C)C(=C1)CC[C@@H]1[C@@H]2[C@@H](O)C[C@@]2(C)[C@H]1C[C@H]1O[C@H](c3ccc(C(=O)Cc4cccc(N)c4)cc3)O[C@]12C(=O)CO. The van der Waals surface area contributed by atoms with Crippen molar-refractivity contribution in [1.29, 1.82) is 0 Å². The van der Waals surface area contributed by atoms with Crippen LogP contribution in [0, 0.1) is 28.6 Å². The van der Waals surface area contributed by atoms with Crippen LogP contribution >= 0.6 is 0 Å². The molecule has 7 heteroatoms. The molecule has 230 valence electrons. The third kappa shape index (κ3) is 4.17. The van der Waals surface area contributed by atoms with Gasteiger partial charge in [0.05, 0.1) is 12.2 Å². The molecule has 9 atom stereocenters. The summed E-state index contributed by atoms with van der Waals surface area (Å²) >= 11 is 0. The number of benzene rings is 2. The second-order valence-corrected chi connectivity index (χ2v) is 14.0. The molecule has 1 saturated heterocycles. The number of anilines is 1. The Bertz CT molecular complexity index is 1590. The second-order valence-electron chi connectivity index (χ2n) is 14.0. The molecule has 7 rings (SSSR count). The van der Waals surface area contributed by atoms with Crippen molar-refractivity contribution in [3.05, 3.63) is 101 Å². The van der Waals surface area contributed by atoms with Crippen LogP contribution in [0.5, 0.6) is 0 Å². The van der Waals surface area contributed by atoms with Gasteiger partial charge in [-0.15, -0.1) is 0 Å². The maximum atomic E-state index is 13.8. The molecular formula is C37H41NO6. The zero-order valence-electron chi connectivity index (χ0n) is 25.4. The number of fused-ring (bicyclic) bond motifs is 7. The first kappa shape index (κ1) is 29.4. The van der Waals surface area contributed by atoms with Crippen molar-refractivity contribution in [2.24, 2.45) is 28.6 Å². The van der Waals surface area contributed by atoms with Crippen molar-refractivity contribution >= 4 is 17.3 Å². The van der Waals surface area contributed by atoms with Crippen molar-refractivity contribution in [2.75, 3.05) is 12.3 Å². The summed E-state index contributed by atoms with van der Waals surface area (Å²) in [5.41, 5.74) is 8.53. The molecule has 0 radical (unpaired) electrons. The number of aliphatic hydroxyl groups excluding tert-OH is 2. The molecule has 4 fully saturated rings. The lowest BCUT2D eigenvalue weighted by molar-refractivity contribution is -0.201. The van der Waals surface area contributed by atoms with Crippen LogP contribution in [-0.2, 0) is 20.7 Å². The van der Waals surface area contributed by atoms with E-state index in [1.807, 2.05) is 12.1 Å². The lowest BCUT2D eigenvalue weighted by atomic mass is 9.46. The average molecular weight is 596 g/mol. The lowest BCUT2D eigenvalue weighted by Crippen LogP contribution is -2.63. The van der Waals surface area contributed by atoms with Gasteiger partial charge in [-0.3, -0.25) is 9.59 Å². The van der Waals surface area contributed by atoms with E-state index in [0.717, 1.165) is 24.0 Å². The Labute approximate surface area is 258 Å². The number of carbonyl (C=O) groups is 2. The van der Waals surface area contributed by atoms with Gasteiger partial charge < -0.3 is 25.4 Å². The molecule has 2 aromatic carbocycles. The first-order chi connectivity index (χ1) is 21.0. The van der Waals surface area contributed by atoms with Gasteiger partial charge >= 0.3 is 0 Å². The number of nitrogens with two attached hydrogens (primary N) is 1. The third-order valence-electron chi connectivity index (χ3n) is 11.7. The monoisotopic (exact) mass is 595 g/mol. The summed E-state index contributed by atoms with van der Waals surface area (Å²) in [4.78, 5) is 26.7. The molecule has 5 aliphatic rings. The number of hydrogen-bond acceptors (Lipinski definition) is 7. The molecule has 44 heavy (non-hydrogen) atoms. The van der Waals surface area contributed by atoms with E-state index < -0.39 is 41.9 Å². The first-order valence-electron chi connectivity index (χ1n) is 15.7. The summed E-state index contributed by atoms with van der Waals surface area (Å²) in [6.45, 7) is 7.74. The van der Waals surface area contributed by atoms with E-state index in [0.29, 0.717) is 29.7 Å². The number of rotatable bonds is 6. The predicted molar refractivity (Wildman–Crippen MR) is 166 cm³/mol. The number of ether oxygens (including phenoxy) is 2. The van der Waals surface area contributed by atoms with E-state index in [2.05, 4.69) is 38.7 Å². The fourth-order valence-corrected chi connectivity index (χ4v) is 9.73. The molecule has 0 amide bonds. The molecule has 1 aliphatic heterocycles. The molecule has 4 N–H and O–H groups in total. The van der Waals surface area contributed by atoms with Crippen molar-refractivity contribution < 1.29 is 29.3 Å². The molecule has 7 nitrogen and oxygen atoms in total. The Morgan fingerprint density at radius 3 is 2.64 bits per heavy atom. The summed E-state index contributed by atoms with van der Waals surface area (Å²) in [5, 5.41) is 22.1. The smallest absolute Gasteiger partial charge is 0.193 e. The van der Waals surface area contributed by atoms with Gasteiger partial charge in [-0.05, 0) is 60.8 Å². The average Bonchev–Trinajstić information content (AvgIpc) is 3.50. The van der Waals surface area contributed by atoms with Gasteiger partial charge in [0.25, 0.3) is 0 Å². The lowest BCUT2D eigenvalue weighted by Gasteiger charge is -2.59. The van der Waals surface area contributed by atoms with Crippen molar-refractivity contribution in [3.63, 3.8) is 0 Å². The standard InChI is InChI=1S/C37H41NO6/c1-21-13-14-35(2)25(15-21)11-12-27-28-18-32-37(31(42)20-39,36(28,3)19-30(41)33(27)35)44-34(43-32)24-9-7-23(8-10-24)29(40)17-22-5-4-6-26(38)16-22/h4-10,13-16,27-28,30,32-34,39,41H,1,11-12,17-20,38H2,2-3H3/t27-,28-,30-,32+,33+,34-,35-,36-,37+/m0/s1. The highest BCUT2D eigenvalue weighted by Gasteiger charge is 2.75. The van der Waals surface area contributed by atoms with E-state index in [1.165, 1.54) is 5.57 Å². The Hall–Kier alpha value is -3.36.